The van der Waals surface area contributed by atoms with Crippen LogP contribution in [0.3, 0.4) is 0 Å². The minimum Gasteiger partial charge on any atom is -0.283 e. The molecule has 0 aliphatic heterocycles. The van der Waals surface area contributed by atoms with Crippen LogP contribution in [0.25, 0.3) is 0 Å². The van der Waals surface area contributed by atoms with Gasteiger partial charge in [-0.1, -0.05) is 47.1 Å². The summed E-state index contributed by atoms with van der Waals surface area (Å²) in [5, 5.41) is 0.564. The van der Waals surface area contributed by atoms with Crippen molar-refractivity contribution >= 4 is 62.0 Å². The van der Waals surface area contributed by atoms with Crippen LogP contribution in [0.5, 0.6) is 0 Å². The van der Waals surface area contributed by atoms with E-state index in [1.54, 1.807) is 18.2 Å². The Hall–Kier alpha value is -0.400. The van der Waals surface area contributed by atoms with Crippen LogP contribution < -0.4 is 4.72 Å². The van der Waals surface area contributed by atoms with Gasteiger partial charge in [-0.25, -0.2) is 8.42 Å². The van der Waals surface area contributed by atoms with Crippen molar-refractivity contribution in [2.75, 3.05) is 11.0 Å². The lowest BCUT2D eigenvalue weighted by Gasteiger charge is -2.09. The van der Waals surface area contributed by atoms with E-state index in [0.29, 0.717) is 15.0 Å². The summed E-state index contributed by atoms with van der Waals surface area (Å²) in [5.74, 6) is 0. The molecule has 0 amide bonds. The minimum absolute atomic E-state index is 0.524. The van der Waals surface area contributed by atoms with E-state index in [4.69, 9.17) is 23.2 Å². The highest BCUT2D eigenvalue weighted by Crippen LogP contribution is 2.43. The highest BCUT2D eigenvalue weighted by atomic mass is 35.5. The quantitative estimate of drug-likeness (QED) is 0.874. The molecule has 0 spiro atoms. The van der Waals surface area contributed by atoms with Gasteiger partial charge < -0.3 is 0 Å². The van der Waals surface area contributed by atoms with Crippen molar-refractivity contribution in [3.8, 4) is 0 Å². The summed E-state index contributed by atoms with van der Waals surface area (Å²) in [5.41, 5.74) is 0.524. The van der Waals surface area contributed by atoms with Gasteiger partial charge in [0, 0.05) is 4.90 Å². The summed E-state index contributed by atoms with van der Waals surface area (Å²) in [6.07, 6.45) is 1.11. The number of nitrogens with one attached hydrogen (secondary N) is 1. The van der Waals surface area contributed by atoms with Crippen LogP contribution >= 0.6 is 46.3 Å². The standard InChI is InChI=1S/C11H9Cl2NO2S3/c1-19(15,16)14-8-4-2-3-5-9(8)17-11-7(12)6-10(13)18-11/h2-6,14H,1H3. The highest BCUT2D eigenvalue weighted by molar-refractivity contribution is 8.01. The second-order valence-corrected chi connectivity index (χ2v) is 8.81. The van der Waals surface area contributed by atoms with Crippen LogP contribution in [-0.2, 0) is 10.0 Å². The van der Waals surface area contributed by atoms with Gasteiger partial charge in [-0.2, -0.15) is 0 Å². The van der Waals surface area contributed by atoms with Crippen LogP contribution in [0, 0.1) is 0 Å². The number of rotatable bonds is 4. The molecule has 2 aromatic rings. The second-order valence-electron chi connectivity index (χ2n) is 3.66. The summed E-state index contributed by atoms with van der Waals surface area (Å²) in [6, 6.07) is 8.79. The third-order valence-electron chi connectivity index (χ3n) is 2.01. The summed E-state index contributed by atoms with van der Waals surface area (Å²) >= 11 is 14.7. The molecule has 0 saturated carbocycles. The van der Waals surface area contributed by atoms with Crippen LogP contribution in [0.15, 0.2) is 39.4 Å². The minimum atomic E-state index is -3.32. The summed E-state index contributed by atoms with van der Waals surface area (Å²) in [6.45, 7) is 0. The second kappa shape index (κ2) is 5.93. The number of anilines is 1. The summed E-state index contributed by atoms with van der Waals surface area (Å²) < 4.78 is 26.5. The zero-order valence-electron chi connectivity index (χ0n) is 9.68. The van der Waals surface area contributed by atoms with Crippen LogP contribution in [0.1, 0.15) is 0 Å². The maximum atomic E-state index is 11.3. The zero-order chi connectivity index (χ0) is 14.0. The lowest BCUT2D eigenvalue weighted by Crippen LogP contribution is -2.10. The van der Waals surface area contributed by atoms with Crippen molar-refractivity contribution in [2.24, 2.45) is 0 Å². The number of para-hydroxylation sites is 1. The van der Waals surface area contributed by atoms with E-state index in [0.717, 1.165) is 15.4 Å². The topological polar surface area (TPSA) is 46.2 Å². The molecule has 1 heterocycles. The Labute approximate surface area is 130 Å². The van der Waals surface area contributed by atoms with E-state index < -0.39 is 10.0 Å². The average Bonchev–Trinajstić information content (AvgIpc) is 2.58. The van der Waals surface area contributed by atoms with Gasteiger partial charge in [-0.3, -0.25) is 4.72 Å². The molecule has 0 radical (unpaired) electrons. The van der Waals surface area contributed by atoms with E-state index in [1.165, 1.54) is 23.1 Å². The number of hydrogen-bond acceptors (Lipinski definition) is 4. The van der Waals surface area contributed by atoms with Gasteiger partial charge >= 0.3 is 0 Å². The Kier molecular flexibility index (Phi) is 4.68. The molecular weight excluding hydrogens is 345 g/mol. The molecule has 0 saturated heterocycles. The largest absolute Gasteiger partial charge is 0.283 e. The van der Waals surface area contributed by atoms with Crippen LogP contribution in [-0.4, -0.2) is 14.7 Å². The molecule has 3 nitrogen and oxygen atoms in total. The Morgan fingerprint density at radius 2 is 1.95 bits per heavy atom. The maximum absolute atomic E-state index is 11.3. The zero-order valence-corrected chi connectivity index (χ0v) is 13.6. The molecule has 0 unspecified atom stereocenters. The third kappa shape index (κ3) is 4.29. The third-order valence-corrected chi connectivity index (χ3v) is 5.66. The van der Waals surface area contributed by atoms with Crippen molar-refractivity contribution in [1.82, 2.24) is 0 Å². The maximum Gasteiger partial charge on any atom is 0.229 e. The van der Waals surface area contributed by atoms with Crippen molar-refractivity contribution in [3.63, 3.8) is 0 Å². The number of sulfonamides is 1. The smallest absolute Gasteiger partial charge is 0.229 e. The van der Waals surface area contributed by atoms with Gasteiger partial charge in [-0.05, 0) is 18.2 Å². The van der Waals surface area contributed by atoms with E-state index in [1.807, 2.05) is 12.1 Å². The first-order valence-corrected chi connectivity index (χ1v) is 9.33. The van der Waals surface area contributed by atoms with Gasteiger partial charge in [0.05, 0.1) is 25.5 Å². The van der Waals surface area contributed by atoms with E-state index >= 15 is 0 Å². The predicted octanol–water partition coefficient (Wildman–Crippen LogP) is 4.58. The molecule has 0 fully saturated rings. The SMILES string of the molecule is CS(=O)(=O)Nc1ccccc1Sc1sc(Cl)cc1Cl. The van der Waals surface area contributed by atoms with Crippen molar-refractivity contribution in [2.45, 2.75) is 9.10 Å². The first-order valence-electron chi connectivity index (χ1n) is 5.04. The van der Waals surface area contributed by atoms with Gasteiger partial charge in [0.1, 0.15) is 0 Å². The molecule has 0 atom stereocenters. The van der Waals surface area contributed by atoms with Crippen LogP contribution in [0.2, 0.25) is 9.36 Å². The number of halogens is 2. The van der Waals surface area contributed by atoms with E-state index in [-0.39, 0.29) is 0 Å². The first-order chi connectivity index (χ1) is 8.85. The van der Waals surface area contributed by atoms with Crippen LogP contribution in [0.4, 0.5) is 5.69 Å². The molecule has 102 valence electrons. The van der Waals surface area contributed by atoms with Gasteiger partial charge in [-0.15, -0.1) is 11.3 Å². The molecule has 0 bridgehead atoms. The fourth-order valence-corrected chi connectivity index (χ4v) is 4.86. The molecule has 2 rings (SSSR count). The molecular formula is C11H9Cl2NO2S3. The number of hydrogen-bond donors (Lipinski definition) is 1. The van der Waals surface area contributed by atoms with Gasteiger partial charge in [0.2, 0.25) is 10.0 Å². The Morgan fingerprint density at radius 1 is 1.26 bits per heavy atom. The lowest BCUT2D eigenvalue weighted by molar-refractivity contribution is 0.606. The summed E-state index contributed by atoms with van der Waals surface area (Å²) in [4.78, 5) is 0.772. The Balaban J connectivity index is 2.33. The van der Waals surface area contributed by atoms with E-state index in [9.17, 15) is 8.42 Å². The average molecular weight is 354 g/mol. The number of thiophene rings is 1. The fourth-order valence-electron chi connectivity index (χ4n) is 1.33. The molecule has 1 aromatic carbocycles. The molecule has 8 heteroatoms. The van der Waals surface area contributed by atoms with Crippen molar-refractivity contribution in [1.29, 1.82) is 0 Å². The monoisotopic (exact) mass is 353 g/mol. The van der Waals surface area contributed by atoms with Gasteiger partial charge in [0.15, 0.2) is 0 Å². The molecule has 19 heavy (non-hydrogen) atoms. The first kappa shape index (κ1) is 15.0. The summed E-state index contributed by atoms with van der Waals surface area (Å²) in [7, 11) is -3.32. The Morgan fingerprint density at radius 3 is 2.53 bits per heavy atom. The van der Waals surface area contributed by atoms with Crippen molar-refractivity contribution < 1.29 is 8.42 Å². The van der Waals surface area contributed by atoms with Gasteiger partial charge in [0.25, 0.3) is 0 Å². The number of benzene rings is 1. The molecule has 0 aliphatic rings. The van der Waals surface area contributed by atoms with Crippen molar-refractivity contribution in [3.05, 3.63) is 39.7 Å². The fraction of sp³-hybridized carbons (Fsp3) is 0.0909. The molecule has 0 aliphatic carbocycles. The highest BCUT2D eigenvalue weighted by Gasteiger charge is 2.12. The molecule has 1 aromatic heterocycles. The predicted molar refractivity (Wildman–Crippen MR) is 83.4 cm³/mol. The Bertz CT molecular complexity index is 698. The van der Waals surface area contributed by atoms with E-state index in [2.05, 4.69) is 4.72 Å². The molecule has 1 N–H and O–H groups in total. The lowest BCUT2D eigenvalue weighted by atomic mass is 10.3. The normalized spacial score (nSPS) is 11.5.